The number of halogens is 1. The third kappa shape index (κ3) is 3.51. The second kappa shape index (κ2) is 7.48. The highest BCUT2D eigenvalue weighted by Gasteiger charge is 2.36. The molecule has 0 aliphatic carbocycles. The number of aliphatic imine (C=N–C) groups is 1. The van der Waals surface area contributed by atoms with Crippen molar-refractivity contribution in [2.45, 2.75) is 6.92 Å². The van der Waals surface area contributed by atoms with Crippen LogP contribution in [0.25, 0.3) is 11.8 Å². The molecule has 1 aromatic heterocycles. The van der Waals surface area contributed by atoms with E-state index < -0.39 is 5.91 Å². The molecular formula is C23H16FN5OS. The SMILES string of the molecule is Cc1ccc(-n2cccc2/C=C2\C(=N)N3N=C(c4ccc(F)cc4)SC3=NC2=O)cc1. The highest BCUT2D eigenvalue weighted by Crippen LogP contribution is 2.31. The van der Waals surface area contributed by atoms with Crippen LogP contribution in [0.5, 0.6) is 0 Å². The predicted molar refractivity (Wildman–Crippen MR) is 121 cm³/mol. The number of rotatable bonds is 3. The first-order valence-electron chi connectivity index (χ1n) is 9.50. The van der Waals surface area contributed by atoms with E-state index in [0.29, 0.717) is 15.8 Å². The van der Waals surface area contributed by atoms with Gasteiger partial charge in [-0.3, -0.25) is 10.2 Å². The summed E-state index contributed by atoms with van der Waals surface area (Å²) in [6.45, 7) is 2.02. The molecule has 2 aromatic carbocycles. The third-order valence-electron chi connectivity index (χ3n) is 4.93. The molecule has 6 nitrogen and oxygen atoms in total. The highest BCUT2D eigenvalue weighted by atomic mass is 32.2. The number of carbonyl (C=O) groups excluding carboxylic acids is 1. The minimum absolute atomic E-state index is 0.0451. The third-order valence-corrected chi connectivity index (χ3v) is 5.89. The first-order valence-corrected chi connectivity index (χ1v) is 10.3. The van der Waals surface area contributed by atoms with Crippen LogP contribution in [0.3, 0.4) is 0 Å². The number of amidine groups is 2. The number of fused-ring (bicyclic) bond motifs is 1. The van der Waals surface area contributed by atoms with Gasteiger partial charge in [0.1, 0.15) is 10.9 Å². The average molecular weight is 429 g/mol. The number of hydrazone groups is 1. The molecule has 3 heterocycles. The summed E-state index contributed by atoms with van der Waals surface area (Å²) < 4.78 is 15.2. The molecule has 2 aliphatic rings. The lowest BCUT2D eigenvalue weighted by molar-refractivity contribution is -0.114. The molecule has 0 unspecified atom stereocenters. The Morgan fingerprint density at radius 3 is 2.55 bits per heavy atom. The molecule has 5 rings (SSSR count). The fourth-order valence-electron chi connectivity index (χ4n) is 3.30. The van der Waals surface area contributed by atoms with Gasteiger partial charge in [0.15, 0.2) is 5.84 Å². The summed E-state index contributed by atoms with van der Waals surface area (Å²) in [4.78, 5) is 16.8. The minimum atomic E-state index is -0.490. The number of thioether (sulfide) groups is 1. The Hall–Kier alpha value is -3.78. The van der Waals surface area contributed by atoms with Gasteiger partial charge in [-0.2, -0.15) is 15.1 Å². The number of carbonyl (C=O) groups is 1. The van der Waals surface area contributed by atoms with Crippen molar-refractivity contribution in [3.8, 4) is 5.69 Å². The zero-order chi connectivity index (χ0) is 21.5. The van der Waals surface area contributed by atoms with E-state index in [-0.39, 0.29) is 17.2 Å². The van der Waals surface area contributed by atoms with Crippen LogP contribution in [-0.2, 0) is 4.79 Å². The molecule has 0 saturated heterocycles. The van der Waals surface area contributed by atoms with Crippen LogP contribution in [0, 0.1) is 18.2 Å². The highest BCUT2D eigenvalue weighted by molar-refractivity contribution is 8.27. The number of hydrogen-bond acceptors (Lipinski definition) is 4. The molecule has 0 atom stereocenters. The van der Waals surface area contributed by atoms with Crippen molar-refractivity contribution in [3.05, 3.63) is 95.1 Å². The molecule has 2 aliphatic heterocycles. The lowest BCUT2D eigenvalue weighted by Gasteiger charge is -2.20. The number of aromatic nitrogens is 1. The maximum atomic E-state index is 13.2. The minimum Gasteiger partial charge on any atom is -0.317 e. The Kier molecular flexibility index (Phi) is 4.63. The van der Waals surface area contributed by atoms with Gasteiger partial charge < -0.3 is 4.57 Å². The first-order chi connectivity index (χ1) is 15.0. The average Bonchev–Trinajstić information content (AvgIpc) is 3.39. The van der Waals surface area contributed by atoms with Crippen LogP contribution in [0.2, 0.25) is 0 Å². The Balaban J connectivity index is 1.49. The van der Waals surface area contributed by atoms with Crippen LogP contribution >= 0.6 is 11.8 Å². The lowest BCUT2D eigenvalue weighted by atomic mass is 10.1. The van der Waals surface area contributed by atoms with Gasteiger partial charge in [-0.05, 0) is 73.3 Å². The van der Waals surface area contributed by atoms with Crippen LogP contribution in [0.4, 0.5) is 4.39 Å². The molecule has 1 amide bonds. The largest absolute Gasteiger partial charge is 0.317 e. The van der Waals surface area contributed by atoms with Gasteiger partial charge in [-0.15, -0.1) is 0 Å². The van der Waals surface area contributed by atoms with Crippen LogP contribution in [-0.4, -0.2) is 31.5 Å². The second-order valence-electron chi connectivity index (χ2n) is 7.07. The fourth-order valence-corrected chi connectivity index (χ4v) is 4.20. The van der Waals surface area contributed by atoms with Gasteiger partial charge in [0.2, 0.25) is 5.17 Å². The molecule has 152 valence electrons. The van der Waals surface area contributed by atoms with Crippen LogP contribution in [0.15, 0.2) is 82.5 Å². The van der Waals surface area contributed by atoms with E-state index in [1.807, 2.05) is 54.1 Å². The smallest absolute Gasteiger partial charge is 0.283 e. The zero-order valence-electron chi connectivity index (χ0n) is 16.4. The van der Waals surface area contributed by atoms with Crippen molar-refractivity contribution >= 4 is 39.8 Å². The quantitative estimate of drug-likeness (QED) is 0.619. The summed E-state index contributed by atoms with van der Waals surface area (Å²) in [5.74, 6) is -0.876. The van der Waals surface area contributed by atoms with E-state index in [2.05, 4.69) is 10.1 Å². The van der Waals surface area contributed by atoms with Gasteiger partial charge in [0, 0.05) is 23.1 Å². The second-order valence-corrected chi connectivity index (χ2v) is 8.03. The summed E-state index contributed by atoms with van der Waals surface area (Å²) in [5.41, 5.74) is 3.71. The van der Waals surface area contributed by atoms with E-state index in [1.54, 1.807) is 18.2 Å². The van der Waals surface area contributed by atoms with Crippen LogP contribution < -0.4 is 0 Å². The van der Waals surface area contributed by atoms with Crippen molar-refractivity contribution in [1.29, 1.82) is 5.41 Å². The van der Waals surface area contributed by atoms with E-state index >= 15 is 0 Å². The molecule has 3 aromatic rings. The number of nitrogens with one attached hydrogen (secondary N) is 1. The van der Waals surface area contributed by atoms with E-state index in [9.17, 15) is 9.18 Å². The van der Waals surface area contributed by atoms with Gasteiger partial charge in [-0.25, -0.2) is 4.39 Å². The summed E-state index contributed by atoms with van der Waals surface area (Å²) >= 11 is 1.18. The molecule has 0 radical (unpaired) electrons. The maximum absolute atomic E-state index is 13.2. The van der Waals surface area contributed by atoms with Crippen molar-refractivity contribution in [2.75, 3.05) is 0 Å². The Bertz CT molecular complexity index is 1300. The molecule has 1 N–H and O–H groups in total. The van der Waals surface area contributed by atoms with Crippen molar-refractivity contribution in [3.63, 3.8) is 0 Å². The van der Waals surface area contributed by atoms with Gasteiger partial charge in [0.05, 0.1) is 5.57 Å². The molecule has 0 spiro atoms. The Labute approximate surface area is 181 Å². The lowest BCUT2D eigenvalue weighted by Crippen LogP contribution is -2.35. The maximum Gasteiger partial charge on any atom is 0.283 e. The molecular weight excluding hydrogens is 413 g/mol. The zero-order valence-corrected chi connectivity index (χ0v) is 17.2. The standard InChI is InChI=1S/C23H16FN5OS/c1-14-4-10-17(11-5-14)28-12-2-3-18(28)13-19-20(25)29-23(26-21(19)30)31-22(27-29)15-6-8-16(24)9-7-15/h2-13,25H,1H3/b19-13+,25-20?. The first kappa shape index (κ1) is 19.2. The van der Waals surface area contributed by atoms with Gasteiger partial charge in [-0.1, -0.05) is 17.7 Å². The summed E-state index contributed by atoms with van der Waals surface area (Å²) in [7, 11) is 0. The predicted octanol–water partition coefficient (Wildman–Crippen LogP) is 4.59. The number of benzene rings is 2. The molecule has 0 saturated carbocycles. The van der Waals surface area contributed by atoms with Gasteiger partial charge in [0.25, 0.3) is 5.91 Å². The number of hydrogen-bond donors (Lipinski definition) is 1. The molecule has 0 bridgehead atoms. The van der Waals surface area contributed by atoms with Gasteiger partial charge >= 0.3 is 0 Å². The topological polar surface area (TPSA) is 73.8 Å². The van der Waals surface area contributed by atoms with Crippen molar-refractivity contribution in [2.24, 2.45) is 10.1 Å². The van der Waals surface area contributed by atoms with Crippen LogP contribution in [0.1, 0.15) is 16.8 Å². The van der Waals surface area contributed by atoms with E-state index in [1.165, 1.54) is 28.9 Å². The Morgan fingerprint density at radius 2 is 1.81 bits per heavy atom. The number of amides is 1. The summed E-state index contributed by atoms with van der Waals surface area (Å²) in [6, 6.07) is 17.7. The summed E-state index contributed by atoms with van der Waals surface area (Å²) in [6.07, 6.45) is 3.56. The summed E-state index contributed by atoms with van der Waals surface area (Å²) in [5, 5.41) is 15.2. The monoisotopic (exact) mass is 429 g/mol. The fraction of sp³-hybridized carbons (Fsp3) is 0.0435. The molecule has 8 heteroatoms. The number of aryl methyl sites for hydroxylation is 1. The Morgan fingerprint density at radius 1 is 1.06 bits per heavy atom. The van der Waals surface area contributed by atoms with E-state index in [0.717, 1.165) is 16.9 Å². The van der Waals surface area contributed by atoms with Crippen molar-refractivity contribution in [1.82, 2.24) is 9.58 Å². The van der Waals surface area contributed by atoms with E-state index in [4.69, 9.17) is 5.41 Å². The normalized spacial score (nSPS) is 17.1. The number of nitrogens with zero attached hydrogens (tertiary/aromatic N) is 4. The molecule has 31 heavy (non-hydrogen) atoms. The molecule has 0 fully saturated rings. The van der Waals surface area contributed by atoms with Crippen molar-refractivity contribution < 1.29 is 9.18 Å².